The Morgan fingerprint density at radius 2 is 0.462 bits per heavy atom. The van der Waals surface area contributed by atoms with E-state index < -0.39 is 212 Å². The molecule has 0 aliphatic carbocycles. The normalized spacial score (nSPS) is 33.4. The minimum Gasteiger partial charge on any atom is -0.294 e. The van der Waals surface area contributed by atoms with E-state index in [2.05, 4.69) is 54.2 Å². The topological polar surface area (TPSA) is 343 Å². The average molecular weight is 2290 g/mol. The van der Waals surface area contributed by atoms with Gasteiger partial charge in [0.1, 0.15) is 6.54 Å². The summed E-state index contributed by atoms with van der Waals surface area (Å²) in [7, 11) is -135. The van der Waals surface area contributed by atoms with Gasteiger partial charge < -0.3 is 0 Å². The van der Waals surface area contributed by atoms with Gasteiger partial charge >= 0.3 is 191 Å². The fraction of sp³-hybridized carbons (Fsp3) is 1.00. The smallest absolute Gasteiger partial charge is 0.294 e. The third-order valence-corrected chi connectivity index (χ3v) is 58.0. The van der Waals surface area contributed by atoms with E-state index in [9.17, 15) is 194 Å². The number of nitrogens with zero attached hydrogens (tertiary/aromatic N) is 28. The summed E-state index contributed by atoms with van der Waals surface area (Å²) >= 11 is 0. The Hall–Kier alpha value is 2.02. The van der Waals surface area contributed by atoms with Gasteiger partial charge in [-0.05, 0) is 49.3 Å². The Balaban J connectivity index is 0.000000703. The zero-order valence-electron chi connectivity index (χ0n) is 55.9. The van der Waals surface area contributed by atoms with Crippen LogP contribution in [0.1, 0.15) is 13.8 Å². The molecule has 6 heterocycles. The molecule has 0 radical (unpaired) electrons. The van der Waals surface area contributed by atoms with Gasteiger partial charge in [-0.15, -0.1) is 234 Å². The summed E-state index contributed by atoms with van der Waals surface area (Å²) in [5.74, 6) is 0. The Kier molecular flexibility index (Phi) is 40.0. The van der Waals surface area contributed by atoms with Crippen molar-refractivity contribution in [1.82, 2.24) is 28.9 Å². The molecule has 8 atom stereocenters. The molecule has 0 aromatic rings. The Labute approximate surface area is 628 Å². The first-order valence-electron chi connectivity index (χ1n) is 25.9. The van der Waals surface area contributed by atoms with Crippen molar-refractivity contribution in [3.63, 3.8) is 0 Å². The summed E-state index contributed by atoms with van der Waals surface area (Å²) < 4.78 is 650. The van der Waals surface area contributed by atoms with Crippen LogP contribution < -0.4 is 10.2 Å². The molecule has 0 bridgehead atoms. The van der Waals surface area contributed by atoms with Gasteiger partial charge in [0.2, 0.25) is 7.52 Å². The number of hydrogen-bond acceptors (Lipinski definition) is 31. The maximum Gasteiger partial charge on any atom is 0.425 e. The predicted octanol–water partition coefficient (Wildman–Crippen LogP) is 44.2. The van der Waals surface area contributed by atoms with Crippen LogP contribution in [0, 0.1) is 0 Å². The minimum atomic E-state index is -6.50. The predicted molar refractivity (Wildman–Crippen MR) is 374 cm³/mol. The molecule has 8 unspecified atom stereocenters. The van der Waals surface area contributed by atoms with Crippen LogP contribution in [0.15, 0.2) is 108 Å². The second-order valence-corrected chi connectivity index (χ2v) is 64.0. The second kappa shape index (κ2) is 40.0. The molecule has 117 heavy (non-hydrogen) atoms. The molecule has 6 rings (SSSR count). The van der Waals surface area contributed by atoms with Crippen LogP contribution in [0.2, 0.25) is 0 Å². The minimum absolute atomic E-state index is 0.235. The van der Waals surface area contributed by atoms with E-state index >= 15 is 0 Å². The quantitative estimate of drug-likeness (QED) is 0.149. The fourth-order valence-electron chi connectivity index (χ4n) is 5.31. The maximum absolute atomic E-state index is 14.1. The van der Waals surface area contributed by atoms with Gasteiger partial charge in [0.25, 0.3) is 0 Å². The molecule has 2 N–H and O–H groups in total. The first-order chi connectivity index (χ1) is 50.8. The fourth-order valence-corrected chi connectivity index (χ4v) is 51.2. The van der Waals surface area contributed by atoms with Gasteiger partial charge in [-0.3, -0.25) is 4.52 Å². The van der Waals surface area contributed by atoms with E-state index in [0.717, 1.165) is 49.3 Å². The van der Waals surface area contributed by atoms with Crippen LogP contribution in [-0.2, 0) is 4.52 Å². The van der Waals surface area contributed by atoms with Crippen LogP contribution in [0.3, 0.4) is 0 Å². The van der Waals surface area contributed by atoms with Crippen LogP contribution in [-0.4, -0.2) is 113 Å². The summed E-state index contributed by atoms with van der Waals surface area (Å²) in [4.78, 5) is 0. The van der Waals surface area contributed by atoms with Crippen molar-refractivity contribution < 1.29 is 199 Å². The summed E-state index contributed by atoms with van der Waals surface area (Å²) in [6, 6.07) is 0. The number of rotatable bonds is 11. The van der Waals surface area contributed by atoms with Crippen molar-refractivity contribution in [2.75, 3.05) is 82.2 Å². The van der Waals surface area contributed by atoms with Gasteiger partial charge in [-0.25, -0.2) is 28.9 Å². The molecule has 0 saturated carbocycles. The SMILES string of the molecule is CCN(C)P1(F)=NP(F)(F)=NP(F)(F)=NP(F)(F)=N1.CCNP1(F)=NP(F)(F)=NP(F)(F)=NP(F)(F)=N1.CN(C)P1(F)=NP(F)(F)=NP(F)(F)=NP(F)(F)=N1.CN(C)P1(F)=NP(F)(F)=NP(F)(N(C)C)=NP(F)(F)=N1.CP1(F)=NP(F)(OCC(F)(F)F)=NP(F)(F)=NP(F)(F)=N1.FC(F)(F)CNP1(F)=NP(F)(F)=NP(F)(F)=NP(F)(F)=N1. The lowest BCUT2D eigenvalue weighted by molar-refractivity contribution is -0.153. The number of hydrogen-bond donors (Lipinski definition) is 2. The molecular weight excluding hydrogens is 2250 g/mol. The highest BCUT2D eigenvalue weighted by atomic mass is 31.3. The Bertz CT molecular complexity index is 5040. The van der Waals surface area contributed by atoms with E-state index in [1.807, 2.05) is 9.03 Å². The van der Waals surface area contributed by atoms with Crippen molar-refractivity contribution in [3.8, 4) is 0 Å². The van der Waals surface area contributed by atoms with E-state index in [-0.39, 0.29) is 19.8 Å². The lowest BCUT2D eigenvalue weighted by Crippen LogP contribution is -2.25. The molecule has 0 saturated heterocycles. The lowest BCUT2D eigenvalue weighted by Gasteiger charge is -2.24. The standard InChI is InChI=1S/C4H12F6N6P4.C3H5F9N4OP4.C3H8F7N5P4.C2H3F10N5P4.2C2H6F7N5P4/c1-15(2)19(9)11-17(5,6)13-20(10,16(3)4)14-18(7,8)12-19;1-18(7)13-19(8,9)15-20(10,11)16-21(12,14-18)17-2-3(4,5)6;1-3-15(2)19(10)13-17(6,7)11-16(4,5)12-18(8,9)14-19;3-2(4,5)1-13-21(12)16-19(8,9)14-18(6,7)15-20(10,11)17-21;1-14(2)18(9)12-16(5,6)10-15(3,4)11-17(7,8)13-18;1-2-10-18(9)13-16(5,6)11-15(3,4)12-17(7,8)14-18/h1-4H3;2H2,1H3;3H2,1-2H3;13H,1H2;1-2H3;10H,2H2,1H3. The zero-order chi connectivity index (χ0) is 93.2. The molecule has 702 valence electrons. The first-order valence-corrected chi connectivity index (χ1v) is 62.4. The average Bonchev–Trinajstić information content (AvgIpc) is 0.784. The third-order valence-electron chi connectivity index (χ3n) is 9.03. The monoisotopic (exact) mass is 2290 g/mol. The number of halogens is 46. The number of nitrogens with one attached hydrogen (secondary N) is 2. The first kappa shape index (κ1) is 117. The van der Waals surface area contributed by atoms with E-state index in [4.69, 9.17) is 0 Å². The third kappa shape index (κ3) is 44.0. The van der Waals surface area contributed by atoms with Crippen LogP contribution in [0.5, 0.6) is 0 Å². The Morgan fingerprint density at radius 1 is 0.248 bits per heavy atom. The zero-order valence-corrected chi connectivity index (χ0v) is 77.3. The molecule has 0 fully saturated rings. The lowest BCUT2D eigenvalue weighted by atomic mass is 10.7. The summed E-state index contributed by atoms with van der Waals surface area (Å²) in [5, 5.41) is 2.29. The molecule has 101 heteroatoms. The van der Waals surface area contributed by atoms with Gasteiger partial charge in [-0.1, -0.05) is 13.8 Å². The highest BCUT2D eigenvalue weighted by Gasteiger charge is 2.48. The molecular formula is C16H40F46N30OP24. The summed E-state index contributed by atoms with van der Waals surface area (Å²) in [6.07, 6.45) is -10.3. The molecule has 0 aromatic heterocycles. The summed E-state index contributed by atoms with van der Waals surface area (Å²) in [5.41, 5.74) is 0. The maximum atomic E-state index is 14.1. The van der Waals surface area contributed by atoms with Crippen LogP contribution in [0.4, 0.5) is 194 Å². The molecule has 0 amide bonds. The van der Waals surface area contributed by atoms with E-state index in [0.29, 0.717) is 23.8 Å². The van der Waals surface area contributed by atoms with Crippen LogP contribution in [0.25, 0.3) is 0 Å². The molecule has 0 spiro atoms. The molecule has 0 aromatic carbocycles. The van der Waals surface area contributed by atoms with Crippen LogP contribution >= 0.6 is 186 Å². The molecule has 6 aliphatic rings. The highest BCUT2D eigenvalue weighted by molar-refractivity contribution is 7.83. The Morgan fingerprint density at radius 3 is 0.718 bits per heavy atom. The molecule has 6 aliphatic heterocycles. The van der Waals surface area contributed by atoms with E-state index in [1.54, 1.807) is 45.7 Å². The van der Waals surface area contributed by atoms with Gasteiger partial charge in [0, 0.05) is 19.8 Å². The van der Waals surface area contributed by atoms with Crippen molar-refractivity contribution in [2.45, 2.75) is 26.2 Å². The highest BCUT2D eigenvalue weighted by Crippen LogP contribution is 2.89. The second-order valence-electron chi connectivity index (χ2n) is 19.6. The van der Waals surface area contributed by atoms with Crippen molar-refractivity contribution in [2.24, 2.45) is 108 Å². The van der Waals surface area contributed by atoms with E-state index in [1.165, 1.54) is 22.9 Å². The largest absolute Gasteiger partial charge is 0.425 e. The van der Waals surface area contributed by atoms with Crippen molar-refractivity contribution in [1.29, 1.82) is 0 Å². The van der Waals surface area contributed by atoms with Crippen molar-refractivity contribution >= 4 is 186 Å². The summed E-state index contributed by atoms with van der Waals surface area (Å²) in [6.45, 7) is -2.54. The van der Waals surface area contributed by atoms with Gasteiger partial charge in [-0.2, -0.15) is 68.9 Å². The van der Waals surface area contributed by atoms with Gasteiger partial charge in [0.05, 0.1) is 0 Å². The molecule has 31 nitrogen and oxygen atoms in total. The van der Waals surface area contributed by atoms with Crippen molar-refractivity contribution in [3.05, 3.63) is 0 Å². The van der Waals surface area contributed by atoms with Gasteiger partial charge in [0.15, 0.2) is 6.61 Å². The number of alkyl halides is 6.